The predicted octanol–water partition coefficient (Wildman–Crippen LogP) is 2.69. The van der Waals surface area contributed by atoms with Gasteiger partial charge < -0.3 is 14.8 Å². The Kier molecular flexibility index (Phi) is 5.64. The molecular weight excluding hydrogens is 344 g/mol. The molecule has 2 aromatic carbocycles. The zero-order valence-corrected chi connectivity index (χ0v) is 15.8. The second-order valence-corrected chi connectivity index (χ2v) is 6.36. The van der Waals surface area contributed by atoms with E-state index in [0.29, 0.717) is 30.9 Å². The molecule has 2 amide bonds. The molecule has 1 aliphatic heterocycles. The first-order valence-electron chi connectivity index (χ1n) is 8.97. The third-order valence-corrected chi connectivity index (χ3v) is 4.80. The number of anilines is 1. The second-order valence-electron chi connectivity index (χ2n) is 6.36. The fourth-order valence-corrected chi connectivity index (χ4v) is 3.37. The number of carbonyl (C=O) groups excluding carboxylic acids is 2. The molecule has 1 atom stereocenters. The lowest BCUT2D eigenvalue weighted by Gasteiger charge is -2.24. The number of amides is 2. The number of hydrogen-bond donors (Lipinski definition) is 1. The summed E-state index contributed by atoms with van der Waals surface area (Å²) in [6.07, 6.45) is 0.873. The lowest BCUT2D eigenvalue weighted by molar-refractivity contribution is -0.126. The molecule has 0 saturated carbocycles. The van der Waals surface area contributed by atoms with Crippen molar-refractivity contribution in [3.05, 3.63) is 53.6 Å². The van der Waals surface area contributed by atoms with Gasteiger partial charge in [0, 0.05) is 36.7 Å². The first-order valence-corrected chi connectivity index (χ1v) is 8.97. The van der Waals surface area contributed by atoms with Gasteiger partial charge in [0.15, 0.2) is 0 Å². The van der Waals surface area contributed by atoms with Crippen molar-refractivity contribution in [2.45, 2.75) is 32.4 Å². The predicted molar refractivity (Wildman–Crippen MR) is 103 cm³/mol. The first kappa shape index (κ1) is 18.8. The molecule has 0 unspecified atom stereocenters. The van der Waals surface area contributed by atoms with Crippen LogP contribution in [0.25, 0.3) is 0 Å². The van der Waals surface area contributed by atoms with E-state index in [9.17, 15) is 9.59 Å². The molecule has 0 fully saturated rings. The van der Waals surface area contributed by atoms with E-state index in [1.165, 1.54) is 0 Å². The number of para-hydroxylation sites is 1. The first-order chi connectivity index (χ1) is 13.1. The number of carbonyl (C=O) groups is 2. The summed E-state index contributed by atoms with van der Waals surface area (Å²) in [5, 5.41) is 2.94. The minimum Gasteiger partial charge on any atom is -0.497 e. The molecule has 142 valence electrons. The Morgan fingerprint density at radius 3 is 2.63 bits per heavy atom. The molecule has 0 aromatic heterocycles. The molecule has 0 spiro atoms. The molecule has 2 aromatic rings. The summed E-state index contributed by atoms with van der Waals surface area (Å²) in [6.45, 7) is 2.12. The van der Waals surface area contributed by atoms with Crippen molar-refractivity contribution in [3.63, 3.8) is 0 Å². The summed E-state index contributed by atoms with van der Waals surface area (Å²) < 4.78 is 10.6. The van der Waals surface area contributed by atoms with E-state index in [2.05, 4.69) is 5.32 Å². The Labute approximate surface area is 159 Å². The van der Waals surface area contributed by atoms with Crippen LogP contribution in [0.2, 0.25) is 0 Å². The van der Waals surface area contributed by atoms with Crippen LogP contribution >= 0.6 is 0 Å². The molecule has 3 rings (SSSR count). The van der Waals surface area contributed by atoms with Gasteiger partial charge in [0.2, 0.25) is 11.8 Å². The monoisotopic (exact) mass is 368 g/mol. The summed E-state index contributed by atoms with van der Waals surface area (Å²) in [5.74, 6) is 1.10. The van der Waals surface area contributed by atoms with Gasteiger partial charge in [0.1, 0.15) is 17.5 Å². The van der Waals surface area contributed by atoms with Crippen molar-refractivity contribution < 1.29 is 19.1 Å². The van der Waals surface area contributed by atoms with E-state index < -0.39 is 6.04 Å². The second kappa shape index (κ2) is 8.12. The molecule has 0 saturated heterocycles. The van der Waals surface area contributed by atoms with Crippen LogP contribution in [0.15, 0.2) is 42.5 Å². The van der Waals surface area contributed by atoms with E-state index in [-0.39, 0.29) is 11.8 Å². The van der Waals surface area contributed by atoms with Gasteiger partial charge >= 0.3 is 0 Å². The Balaban J connectivity index is 1.75. The van der Waals surface area contributed by atoms with Crippen LogP contribution < -0.4 is 19.7 Å². The maximum Gasteiger partial charge on any atom is 0.243 e. The van der Waals surface area contributed by atoms with E-state index in [0.717, 1.165) is 16.8 Å². The lowest BCUT2D eigenvalue weighted by atomic mass is 10.1. The number of rotatable bonds is 6. The van der Waals surface area contributed by atoms with Crippen LogP contribution in [-0.2, 0) is 22.6 Å². The molecular formula is C21H24N2O4. The van der Waals surface area contributed by atoms with Crippen molar-refractivity contribution >= 4 is 17.5 Å². The molecule has 0 bridgehead atoms. The van der Waals surface area contributed by atoms with Gasteiger partial charge in [-0.05, 0) is 23.8 Å². The number of hydrogen-bond acceptors (Lipinski definition) is 4. The van der Waals surface area contributed by atoms with Crippen LogP contribution in [0.5, 0.6) is 11.5 Å². The SMILES string of the molecule is CCC(=O)N1c2ccccc2C[C@@H]1C(=O)NCc1ccc(OC)cc1OC. The van der Waals surface area contributed by atoms with Gasteiger partial charge in [-0.2, -0.15) is 0 Å². The number of methoxy groups -OCH3 is 2. The Morgan fingerprint density at radius 2 is 1.93 bits per heavy atom. The quantitative estimate of drug-likeness (QED) is 0.851. The maximum atomic E-state index is 12.9. The summed E-state index contributed by atoms with van der Waals surface area (Å²) in [7, 11) is 3.17. The van der Waals surface area contributed by atoms with E-state index in [1.54, 1.807) is 32.1 Å². The Morgan fingerprint density at radius 1 is 1.15 bits per heavy atom. The minimum atomic E-state index is -0.529. The highest BCUT2D eigenvalue weighted by atomic mass is 16.5. The normalized spacial score (nSPS) is 15.2. The van der Waals surface area contributed by atoms with Gasteiger partial charge in [-0.25, -0.2) is 0 Å². The standard InChI is InChI=1S/C21H24N2O4/c1-4-20(24)23-17-8-6-5-7-14(17)11-18(23)21(25)22-13-15-9-10-16(26-2)12-19(15)27-3/h5-10,12,18H,4,11,13H2,1-3H3,(H,22,25)/t18-/m1/s1. The van der Waals surface area contributed by atoms with Gasteiger partial charge in [-0.15, -0.1) is 0 Å². The van der Waals surface area contributed by atoms with Gasteiger partial charge in [-0.3, -0.25) is 14.5 Å². The number of ether oxygens (including phenoxy) is 2. The molecule has 27 heavy (non-hydrogen) atoms. The van der Waals surface area contributed by atoms with Crippen molar-refractivity contribution in [2.24, 2.45) is 0 Å². The molecule has 1 aliphatic rings. The third kappa shape index (κ3) is 3.74. The number of benzene rings is 2. The van der Waals surface area contributed by atoms with Crippen LogP contribution in [-0.4, -0.2) is 32.1 Å². The van der Waals surface area contributed by atoms with Crippen molar-refractivity contribution in [2.75, 3.05) is 19.1 Å². The van der Waals surface area contributed by atoms with Gasteiger partial charge in [0.05, 0.1) is 14.2 Å². The van der Waals surface area contributed by atoms with Crippen LogP contribution in [0.1, 0.15) is 24.5 Å². The van der Waals surface area contributed by atoms with E-state index in [1.807, 2.05) is 36.4 Å². The zero-order valence-electron chi connectivity index (χ0n) is 15.8. The smallest absolute Gasteiger partial charge is 0.243 e. The fourth-order valence-electron chi connectivity index (χ4n) is 3.37. The Bertz CT molecular complexity index is 850. The largest absolute Gasteiger partial charge is 0.497 e. The van der Waals surface area contributed by atoms with Crippen LogP contribution in [0.4, 0.5) is 5.69 Å². The van der Waals surface area contributed by atoms with Crippen LogP contribution in [0, 0.1) is 0 Å². The summed E-state index contributed by atoms with van der Waals surface area (Å²) in [6, 6.07) is 12.6. The molecule has 6 heteroatoms. The highest BCUT2D eigenvalue weighted by Gasteiger charge is 2.37. The van der Waals surface area contributed by atoms with Crippen molar-refractivity contribution in [1.29, 1.82) is 0 Å². The highest BCUT2D eigenvalue weighted by molar-refractivity contribution is 6.03. The van der Waals surface area contributed by atoms with Crippen LogP contribution in [0.3, 0.4) is 0 Å². The molecule has 0 radical (unpaired) electrons. The molecule has 6 nitrogen and oxygen atoms in total. The number of fused-ring (bicyclic) bond motifs is 1. The highest BCUT2D eigenvalue weighted by Crippen LogP contribution is 2.33. The minimum absolute atomic E-state index is 0.0536. The Hall–Kier alpha value is -3.02. The third-order valence-electron chi connectivity index (χ3n) is 4.80. The van der Waals surface area contributed by atoms with E-state index >= 15 is 0 Å². The molecule has 1 N–H and O–H groups in total. The van der Waals surface area contributed by atoms with Gasteiger partial charge in [0.25, 0.3) is 0 Å². The average molecular weight is 368 g/mol. The number of nitrogens with one attached hydrogen (secondary N) is 1. The summed E-state index contributed by atoms with van der Waals surface area (Å²) in [5.41, 5.74) is 2.68. The zero-order chi connectivity index (χ0) is 19.4. The molecule has 1 heterocycles. The fraction of sp³-hybridized carbons (Fsp3) is 0.333. The summed E-state index contributed by atoms with van der Waals surface area (Å²) >= 11 is 0. The summed E-state index contributed by atoms with van der Waals surface area (Å²) in [4.78, 5) is 26.9. The topological polar surface area (TPSA) is 67.9 Å². The van der Waals surface area contributed by atoms with Crippen molar-refractivity contribution in [3.8, 4) is 11.5 Å². The van der Waals surface area contributed by atoms with Gasteiger partial charge in [-0.1, -0.05) is 25.1 Å². The van der Waals surface area contributed by atoms with Crippen molar-refractivity contribution in [1.82, 2.24) is 5.32 Å². The molecule has 0 aliphatic carbocycles. The lowest BCUT2D eigenvalue weighted by Crippen LogP contribution is -2.47. The maximum absolute atomic E-state index is 12.9. The number of nitrogens with zero attached hydrogens (tertiary/aromatic N) is 1. The average Bonchev–Trinajstić information content (AvgIpc) is 3.10. The van der Waals surface area contributed by atoms with E-state index in [4.69, 9.17) is 9.47 Å².